The van der Waals surface area contributed by atoms with Crippen molar-refractivity contribution in [2.24, 2.45) is 0 Å². The van der Waals surface area contributed by atoms with Crippen LogP contribution in [-0.4, -0.2) is 54.0 Å². The molecule has 2 saturated heterocycles. The van der Waals surface area contributed by atoms with Gasteiger partial charge in [0, 0.05) is 49.2 Å². The van der Waals surface area contributed by atoms with Gasteiger partial charge in [-0.15, -0.1) is 0 Å². The first-order chi connectivity index (χ1) is 12.9. The third kappa shape index (κ3) is 5.43. The number of halogens is 1. The molecule has 1 aromatic rings. The van der Waals surface area contributed by atoms with E-state index in [0.29, 0.717) is 13.0 Å². The number of benzene rings is 1. The number of nitrogens with zero attached hydrogens (tertiary/aromatic N) is 1. The standard InChI is InChI=1S/C20H29ClN4O2/c1-13(2)24-19(26)7-6-17-11-23-20(27)18-9-16(12-25(17)18)22-10-14-4-3-5-15(21)8-14/h3-5,8,13,16-18,22H,6-7,9-12H2,1-2H3,(H,23,27)(H,24,26). The van der Waals surface area contributed by atoms with E-state index in [4.69, 9.17) is 11.6 Å². The average molecular weight is 393 g/mol. The van der Waals surface area contributed by atoms with E-state index in [2.05, 4.69) is 20.9 Å². The van der Waals surface area contributed by atoms with Crippen LogP contribution in [0.3, 0.4) is 0 Å². The molecule has 2 aliphatic heterocycles. The van der Waals surface area contributed by atoms with Gasteiger partial charge >= 0.3 is 0 Å². The van der Waals surface area contributed by atoms with E-state index in [9.17, 15) is 9.59 Å². The number of hydrogen-bond acceptors (Lipinski definition) is 4. The predicted molar refractivity (Wildman–Crippen MR) is 107 cm³/mol. The molecule has 6 nitrogen and oxygen atoms in total. The third-order valence-corrected chi connectivity index (χ3v) is 5.50. The Morgan fingerprint density at radius 2 is 2.22 bits per heavy atom. The van der Waals surface area contributed by atoms with Crippen molar-refractivity contribution in [3.8, 4) is 0 Å². The van der Waals surface area contributed by atoms with Crippen LogP contribution in [0, 0.1) is 0 Å². The summed E-state index contributed by atoms with van der Waals surface area (Å²) in [4.78, 5) is 26.5. The van der Waals surface area contributed by atoms with Gasteiger partial charge in [-0.25, -0.2) is 0 Å². The molecule has 148 valence electrons. The van der Waals surface area contributed by atoms with Crippen LogP contribution in [0.4, 0.5) is 0 Å². The van der Waals surface area contributed by atoms with Gasteiger partial charge in [-0.05, 0) is 44.4 Å². The maximum Gasteiger partial charge on any atom is 0.237 e. The normalized spacial score (nSPS) is 25.3. The first-order valence-corrected chi connectivity index (χ1v) is 10.1. The van der Waals surface area contributed by atoms with Crippen molar-refractivity contribution < 1.29 is 9.59 Å². The number of piperazine rings is 1. The van der Waals surface area contributed by atoms with E-state index in [1.165, 1.54) is 0 Å². The Kier molecular flexibility index (Phi) is 6.73. The summed E-state index contributed by atoms with van der Waals surface area (Å²) < 4.78 is 0. The van der Waals surface area contributed by atoms with Gasteiger partial charge in [-0.2, -0.15) is 0 Å². The minimum absolute atomic E-state index is 0.0771. The molecule has 0 radical (unpaired) electrons. The van der Waals surface area contributed by atoms with Crippen LogP contribution < -0.4 is 16.0 Å². The molecule has 3 rings (SSSR count). The zero-order chi connectivity index (χ0) is 19.4. The fourth-order valence-corrected chi connectivity index (χ4v) is 4.21. The molecule has 2 amide bonds. The predicted octanol–water partition coefficient (Wildman–Crippen LogP) is 1.68. The maximum atomic E-state index is 12.3. The largest absolute Gasteiger partial charge is 0.354 e. The Morgan fingerprint density at radius 3 is 2.96 bits per heavy atom. The van der Waals surface area contributed by atoms with Crippen molar-refractivity contribution >= 4 is 23.4 Å². The van der Waals surface area contributed by atoms with E-state index >= 15 is 0 Å². The van der Waals surface area contributed by atoms with Gasteiger partial charge in [-0.1, -0.05) is 23.7 Å². The Balaban J connectivity index is 1.54. The molecule has 2 aliphatic rings. The van der Waals surface area contributed by atoms with Crippen molar-refractivity contribution in [1.82, 2.24) is 20.9 Å². The molecule has 1 aromatic carbocycles. The van der Waals surface area contributed by atoms with Crippen LogP contribution >= 0.6 is 11.6 Å². The molecule has 27 heavy (non-hydrogen) atoms. The molecule has 0 aromatic heterocycles. The van der Waals surface area contributed by atoms with E-state index in [1.54, 1.807) is 0 Å². The van der Waals surface area contributed by atoms with Gasteiger partial charge < -0.3 is 16.0 Å². The Morgan fingerprint density at radius 1 is 1.41 bits per heavy atom. The molecule has 3 unspecified atom stereocenters. The zero-order valence-corrected chi connectivity index (χ0v) is 16.8. The summed E-state index contributed by atoms with van der Waals surface area (Å²) in [6.07, 6.45) is 2.04. The van der Waals surface area contributed by atoms with Gasteiger partial charge in [-0.3, -0.25) is 14.5 Å². The SMILES string of the molecule is CC(C)NC(=O)CCC1CNC(=O)C2CC(NCc3cccc(Cl)c3)CN12. The van der Waals surface area contributed by atoms with Crippen molar-refractivity contribution in [3.05, 3.63) is 34.9 Å². The Labute approximate surface area is 166 Å². The highest BCUT2D eigenvalue weighted by Crippen LogP contribution is 2.26. The summed E-state index contributed by atoms with van der Waals surface area (Å²) >= 11 is 6.05. The van der Waals surface area contributed by atoms with Crippen molar-refractivity contribution in [2.45, 2.75) is 63.8 Å². The van der Waals surface area contributed by atoms with Gasteiger partial charge in [0.1, 0.15) is 0 Å². The van der Waals surface area contributed by atoms with Crippen LogP contribution in [0.25, 0.3) is 0 Å². The lowest BCUT2D eigenvalue weighted by atomic mass is 10.0. The number of amides is 2. The summed E-state index contributed by atoms with van der Waals surface area (Å²) in [5.41, 5.74) is 1.14. The lowest BCUT2D eigenvalue weighted by molar-refractivity contribution is -0.129. The summed E-state index contributed by atoms with van der Waals surface area (Å²) in [6, 6.07) is 8.34. The zero-order valence-electron chi connectivity index (χ0n) is 16.0. The third-order valence-electron chi connectivity index (χ3n) is 5.26. The van der Waals surface area contributed by atoms with Crippen molar-refractivity contribution in [1.29, 1.82) is 0 Å². The van der Waals surface area contributed by atoms with Crippen LogP contribution in [-0.2, 0) is 16.1 Å². The fraction of sp³-hybridized carbons (Fsp3) is 0.600. The van der Waals surface area contributed by atoms with Crippen LogP contribution in [0.5, 0.6) is 0 Å². The topological polar surface area (TPSA) is 73.5 Å². The van der Waals surface area contributed by atoms with Crippen LogP contribution in [0.15, 0.2) is 24.3 Å². The van der Waals surface area contributed by atoms with Gasteiger partial charge in [0.15, 0.2) is 0 Å². The fourth-order valence-electron chi connectivity index (χ4n) is 3.99. The first-order valence-electron chi connectivity index (χ1n) is 9.73. The van der Waals surface area contributed by atoms with Crippen LogP contribution in [0.1, 0.15) is 38.7 Å². The van der Waals surface area contributed by atoms with Gasteiger partial charge in [0.25, 0.3) is 0 Å². The number of carbonyl (C=O) groups is 2. The summed E-state index contributed by atoms with van der Waals surface area (Å²) in [5, 5.41) is 10.2. The molecular weight excluding hydrogens is 364 g/mol. The van der Waals surface area contributed by atoms with Crippen molar-refractivity contribution in [3.63, 3.8) is 0 Å². The number of rotatable bonds is 7. The number of fused-ring (bicyclic) bond motifs is 1. The second-order valence-corrected chi connectivity index (χ2v) is 8.25. The number of hydrogen-bond donors (Lipinski definition) is 3. The number of nitrogens with one attached hydrogen (secondary N) is 3. The minimum Gasteiger partial charge on any atom is -0.354 e. The van der Waals surface area contributed by atoms with Crippen LogP contribution in [0.2, 0.25) is 5.02 Å². The minimum atomic E-state index is -0.103. The second kappa shape index (κ2) is 9.04. The van der Waals surface area contributed by atoms with Gasteiger partial charge in [0.2, 0.25) is 11.8 Å². The summed E-state index contributed by atoms with van der Waals surface area (Å²) in [5.74, 6) is 0.179. The molecular formula is C20H29ClN4O2. The monoisotopic (exact) mass is 392 g/mol. The molecule has 0 aliphatic carbocycles. The lowest BCUT2D eigenvalue weighted by Crippen LogP contribution is -2.58. The summed E-state index contributed by atoms with van der Waals surface area (Å²) in [6.45, 7) is 6.10. The molecule has 2 heterocycles. The van der Waals surface area contributed by atoms with E-state index in [1.807, 2.05) is 38.1 Å². The Bertz CT molecular complexity index is 682. The van der Waals surface area contributed by atoms with Gasteiger partial charge in [0.05, 0.1) is 6.04 Å². The van der Waals surface area contributed by atoms with E-state index in [0.717, 1.165) is 36.5 Å². The number of carbonyl (C=O) groups excluding carboxylic acids is 2. The van der Waals surface area contributed by atoms with E-state index in [-0.39, 0.29) is 36.0 Å². The van der Waals surface area contributed by atoms with E-state index < -0.39 is 0 Å². The summed E-state index contributed by atoms with van der Waals surface area (Å²) in [7, 11) is 0. The quantitative estimate of drug-likeness (QED) is 0.660. The molecule has 3 atom stereocenters. The molecule has 0 bridgehead atoms. The molecule has 3 N–H and O–H groups in total. The highest BCUT2D eigenvalue weighted by atomic mass is 35.5. The average Bonchev–Trinajstić information content (AvgIpc) is 3.04. The lowest BCUT2D eigenvalue weighted by Gasteiger charge is -2.37. The first kappa shape index (κ1) is 20.1. The highest BCUT2D eigenvalue weighted by Gasteiger charge is 2.43. The smallest absolute Gasteiger partial charge is 0.237 e. The Hall–Kier alpha value is -1.63. The maximum absolute atomic E-state index is 12.3. The molecule has 0 spiro atoms. The molecule has 2 fully saturated rings. The second-order valence-electron chi connectivity index (χ2n) is 7.82. The molecule has 7 heteroatoms. The highest BCUT2D eigenvalue weighted by molar-refractivity contribution is 6.30. The van der Waals surface area contributed by atoms with Crippen molar-refractivity contribution in [2.75, 3.05) is 13.1 Å². The molecule has 0 saturated carbocycles.